The fourth-order valence-electron chi connectivity index (χ4n) is 8.84. The molecule has 236 valence electrons. The lowest BCUT2D eigenvalue weighted by Gasteiger charge is -2.12. The summed E-state index contributed by atoms with van der Waals surface area (Å²) in [5.41, 5.74) is 16.4. The predicted octanol–water partition coefficient (Wildman–Crippen LogP) is 13.1. The van der Waals surface area contributed by atoms with Gasteiger partial charge in [-0.2, -0.15) is 0 Å². The van der Waals surface area contributed by atoms with Gasteiger partial charge in [0.2, 0.25) is 0 Å². The van der Waals surface area contributed by atoms with E-state index in [1.165, 1.54) is 77.2 Å². The molecule has 0 saturated carbocycles. The second-order valence-electron chi connectivity index (χ2n) is 13.7. The Balaban J connectivity index is 1.19. The molecule has 0 bridgehead atoms. The van der Waals surface area contributed by atoms with Gasteiger partial charge in [-0.3, -0.25) is 0 Å². The molecule has 3 heteroatoms. The SMILES string of the molecule is c1ccc(-n2c3ccc(-c4cc5c6c(c4)c4ccccc4n6-c4ccccc4-c4ccccc4-5)cc3c3cc4c(cc32)oc2ccccc24)cc1. The highest BCUT2D eigenvalue weighted by molar-refractivity contribution is 6.20. The van der Waals surface area contributed by atoms with Crippen molar-refractivity contribution in [3.05, 3.63) is 170 Å². The van der Waals surface area contributed by atoms with Crippen LogP contribution in [0.2, 0.25) is 0 Å². The molecule has 3 aromatic heterocycles. The average Bonchev–Trinajstić information content (AvgIpc) is 3.81. The molecule has 0 radical (unpaired) electrons. The van der Waals surface area contributed by atoms with E-state index in [-0.39, 0.29) is 0 Å². The Kier molecular flexibility index (Phi) is 5.23. The smallest absolute Gasteiger partial charge is 0.137 e. The normalized spacial score (nSPS) is 12.3. The third kappa shape index (κ3) is 3.62. The minimum Gasteiger partial charge on any atom is -0.456 e. The zero-order valence-electron chi connectivity index (χ0n) is 27.5. The van der Waals surface area contributed by atoms with Crippen molar-refractivity contribution < 1.29 is 4.42 Å². The molecule has 1 aliphatic heterocycles. The van der Waals surface area contributed by atoms with Gasteiger partial charge in [-0.25, -0.2) is 0 Å². The summed E-state index contributed by atoms with van der Waals surface area (Å²) in [5.74, 6) is 0. The molecule has 0 spiro atoms. The standard InChI is InChI=1S/C48H28N2O/c1-2-12-31(13-3-1)49-44-23-22-29(24-37(44)38-27-39-36-18-8-11-21-46(36)51-47(39)28-45(38)49)30-25-40-33-15-5-4-14-32(33)34-16-6-9-19-42(34)50-43-20-10-7-17-35(43)41(26-30)48(40)50/h1-28H. The molecule has 8 aromatic carbocycles. The number of aromatic nitrogens is 2. The summed E-state index contributed by atoms with van der Waals surface area (Å²) in [7, 11) is 0. The second-order valence-corrected chi connectivity index (χ2v) is 13.7. The van der Waals surface area contributed by atoms with E-state index in [4.69, 9.17) is 4.42 Å². The zero-order valence-corrected chi connectivity index (χ0v) is 27.5. The molecular formula is C48H28N2O. The average molecular weight is 649 g/mol. The summed E-state index contributed by atoms with van der Waals surface area (Å²) in [6.07, 6.45) is 0. The van der Waals surface area contributed by atoms with Crippen LogP contribution >= 0.6 is 0 Å². The van der Waals surface area contributed by atoms with Crippen molar-refractivity contribution in [2.75, 3.05) is 0 Å². The van der Waals surface area contributed by atoms with Crippen molar-refractivity contribution in [1.82, 2.24) is 9.13 Å². The van der Waals surface area contributed by atoms with Gasteiger partial charge in [-0.05, 0) is 82.9 Å². The van der Waals surface area contributed by atoms with Crippen molar-refractivity contribution in [2.24, 2.45) is 0 Å². The van der Waals surface area contributed by atoms with Crippen LogP contribution in [0.1, 0.15) is 0 Å². The summed E-state index contributed by atoms with van der Waals surface area (Å²) < 4.78 is 11.3. The van der Waals surface area contributed by atoms with E-state index in [9.17, 15) is 0 Å². The van der Waals surface area contributed by atoms with Crippen molar-refractivity contribution >= 4 is 65.6 Å². The van der Waals surface area contributed by atoms with Crippen LogP contribution in [-0.2, 0) is 0 Å². The van der Waals surface area contributed by atoms with Gasteiger partial charge in [0.05, 0.1) is 27.8 Å². The molecule has 12 rings (SSSR count). The van der Waals surface area contributed by atoms with Crippen LogP contribution < -0.4 is 0 Å². The Morgan fingerprint density at radius 3 is 1.88 bits per heavy atom. The molecule has 0 aliphatic carbocycles. The predicted molar refractivity (Wildman–Crippen MR) is 212 cm³/mol. The van der Waals surface area contributed by atoms with Gasteiger partial charge in [0.15, 0.2) is 0 Å². The molecular weight excluding hydrogens is 621 g/mol. The Morgan fingerprint density at radius 1 is 0.333 bits per heavy atom. The van der Waals surface area contributed by atoms with E-state index in [1.807, 2.05) is 6.07 Å². The van der Waals surface area contributed by atoms with Gasteiger partial charge in [-0.1, -0.05) is 103 Å². The number of para-hydroxylation sites is 4. The fraction of sp³-hybridized carbons (Fsp3) is 0. The first kappa shape index (κ1) is 27.0. The van der Waals surface area contributed by atoms with Crippen LogP contribution in [0.5, 0.6) is 0 Å². The summed E-state index contributed by atoms with van der Waals surface area (Å²) >= 11 is 0. The first-order valence-corrected chi connectivity index (χ1v) is 17.5. The van der Waals surface area contributed by atoms with Crippen molar-refractivity contribution in [3.8, 4) is 44.8 Å². The molecule has 51 heavy (non-hydrogen) atoms. The molecule has 0 atom stereocenters. The van der Waals surface area contributed by atoms with Crippen LogP contribution in [0, 0.1) is 0 Å². The molecule has 1 aliphatic rings. The highest BCUT2D eigenvalue weighted by Gasteiger charge is 2.25. The molecule has 0 unspecified atom stereocenters. The Labute approximate surface area is 292 Å². The van der Waals surface area contributed by atoms with Crippen LogP contribution in [0.15, 0.2) is 174 Å². The lowest BCUT2D eigenvalue weighted by Crippen LogP contribution is -1.95. The van der Waals surface area contributed by atoms with Crippen molar-refractivity contribution in [2.45, 2.75) is 0 Å². The first-order valence-electron chi connectivity index (χ1n) is 17.5. The van der Waals surface area contributed by atoms with E-state index in [0.29, 0.717) is 0 Å². The largest absolute Gasteiger partial charge is 0.456 e. The highest BCUT2D eigenvalue weighted by Crippen LogP contribution is 2.48. The van der Waals surface area contributed by atoms with Crippen LogP contribution in [0.25, 0.3) is 110 Å². The van der Waals surface area contributed by atoms with E-state index in [2.05, 4.69) is 173 Å². The number of nitrogens with zero attached hydrogens (tertiary/aromatic N) is 2. The van der Waals surface area contributed by atoms with Crippen molar-refractivity contribution in [3.63, 3.8) is 0 Å². The van der Waals surface area contributed by atoms with Crippen LogP contribution in [0.4, 0.5) is 0 Å². The number of hydrogen-bond acceptors (Lipinski definition) is 1. The maximum Gasteiger partial charge on any atom is 0.137 e. The van der Waals surface area contributed by atoms with Gasteiger partial charge in [0.25, 0.3) is 0 Å². The maximum atomic E-state index is 6.40. The monoisotopic (exact) mass is 648 g/mol. The number of benzene rings is 8. The van der Waals surface area contributed by atoms with E-state index < -0.39 is 0 Å². The summed E-state index contributed by atoms with van der Waals surface area (Å²) in [4.78, 5) is 0. The van der Waals surface area contributed by atoms with Gasteiger partial charge in [0.1, 0.15) is 11.2 Å². The van der Waals surface area contributed by atoms with Gasteiger partial charge >= 0.3 is 0 Å². The minimum atomic E-state index is 0.903. The highest BCUT2D eigenvalue weighted by atomic mass is 16.3. The van der Waals surface area contributed by atoms with E-state index in [1.54, 1.807) is 0 Å². The lowest BCUT2D eigenvalue weighted by molar-refractivity contribution is 0.669. The second kappa shape index (κ2) is 9.87. The maximum absolute atomic E-state index is 6.40. The number of fused-ring (bicyclic) bond motifs is 14. The van der Waals surface area contributed by atoms with Crippen molar-refractivity contribution in [1.29, 1.82) is 0 Å². The molecule has 0 N–H and O–H groups in total. The Morgan fingerprint density at radius 2 is 1.00 bits per heavy atom. The molecule has 11 aromatic rings. The van der Waals surface area contributed by atoms with Gasteiger partial charge in [0, 0.05) is 55.2 Å². The van der Waals surface area contributed by atoms with Gasteiger partial charge in [-0.15, -0.1) is 0 Å². The topological polar surface area (TPSA) is 23.0 Å². The lowest BCUT2D eigenvalue weighted by atomic mass is 9.91. The fourth-order valence-corrected chi connectivity index (χ4v) is 8.84. The summed E-state index contributed by atoms with van der Waals surface area (Å²) in [6, 6.07) is 61.9. The molecule has 0 saturated heterocycles. The first-order chi connectivity index (χ1) is 25.3. The van der Waals surface area contributed by atoms with E-state index >= 15 is 0 Å². The molecule has 0 amide bonds. The third-order valence-electron chi connectivity index (χ3n) is 11.0. The van der Waals surface area contributed by atoms with E-state index in [0.717, 1.165) is 33.1 Å². The molecule has 0 fully saturated rings. The molecule has 4 heterocycles. The third-order valence-corrected chi connectivity index (χ3v) is 11.0. The van der Waals surface area contributed by atoms with Crippen LogP contribution in [0.3, 0.4) is 0 Å². The number of rotatable bonds is 2. The minimum absolute atomic E-state index is 0.903. The molecule has 3 nitrogen and oxygen atoms in total. The Bertz CT molecular complexity index is 3250. The van der Waals surface area contributed by atoms with Crippen LogP contribution in [-0.4, -0.2) is 9.13 Å². The summed E-state index contributed by atoms with van der Waals surface area (Å²) in [6.45, 7) is 0. The number of hydrogen-bond donors (Lipinski definition) is 0. The Hall–Kier alpha value is -6.84. The number of furan rings is 1. The zero-order chi connectivity index (χ0) is 33.2. The van der Waals surface area contributed by atoms with Gasteiger partial charge < -0.3 is 13.6 Å². The quantitative estimate of drug-likeness (QED) is 0.183. The summed E-state index contributed by atoms with van der Waals surface area (Å²) in [5, 5.41) is 7.25.